The van der Waals surface area contributed by atoms with Gasteiger partial charge in [-0.05, 0) is 63.5 Å². The summed E-state index contributed by atoms with van der Waals surface area (Å²) in [6.07, 6.45) is 4.00. The zero-order valence-corrected chi connectivity index (χ0v) is 12.6. The van der Waals surface area contributed by atoms with Crippen LogP contribution in [0.5, 0.6) is 0 Å². The van der Waals surface area contributed by atoms with Crippen molar-refractivity contribution < 1.29 is 0 Å². The zero-order valence-electron chi connectivity index (χ0n) is 12.6. The minimum Gasteiger partial charge on any atom is -0.385 e. The van der Waals surface area contributed by atoms with Gasteiger partial charge in [-0.25, -0.2) is 0 Å². The average Bonchev–Trinajstić information content (AvgIpc) is 2.89. The van der Waals surface area contributed by atoms with Crippen molar-refractivity contribution in [2.75, 3.05) is 50.5 Å². The molecule has 0 aromatic heterocycles. The van der Waals surface area contributed by atoms with E-state index >= 15 is 0 Å². The molecule has 0 unspecified atom stereocenters. The molecule has 0 radical (unpaired) electrons. The third kappa shape index (κ3) is 4.13. The number of nitrogens with zero attached hydrogens (tertiary/aromatic N) is 2. The molecule has 2 rings (SSSR count). The second-order valence-corrected chi connectivity index (χ2v) is 5.72. The summed E-state index contributed by atoms with van der Waals surface area (Å²) >= 11 is 0. The van der Waals surface area contributed by atoms with Crippen LogP contribution in [-0.4, -0.2) is 45.2 Å². The number of hydrogen-bond acceptors (Lipinski definition) is 3. The van der Waals surface area contributed by atoms with Crippen LogP contribution in [-0.2, 0) is 0 Å². The van der Waals surface area contributed by atoms with E-state index in [9.17, 15) is 0 Å². The number of rotatable bonds is 6. The van der Waals surface area contributed by atoms with E-state index in [4.69, 9.17) is 0 Å². The minimum atomic E-state index is 1.06. The molecule has 1 fully saturated rings. The van der Waals surface area contributed by atoms with Crippen molar-refractivity contribution >= 4 is 11.4 Å². The highest BCUT2D eigenvalue weighted by atomic mass is 15.1. The van der Waals surface area contributed by atoms with Gasteiger partial charge in [0.05, 0.1) is 0 Å². The van der Waals surface area contributed by atoms with E-state index in [-0.39, 0.29) is 0 Å². The maximum atomic E-state index is 3.54. The predicted octanol–water partition coefficient (Wildman–Crippen LogP) is 2.96. The predicted molar refractivity (Wildman–Crippen MR) is 84.3 cm³/mol. The summed E-state index contributed by atoms with van der Waals surface area (Å²) in [5, 5.41) is 3.54. The Bertz CT molecular complexity index is 395. The Labute approximate surface area is 117 Å². The number of nitrogens with one attached hydrogen (secondary N) is 1. The molecule has 0 saturated carbocycles. The first-order chi connectivity index (χ1) is 9.16. The van der Waals surface area contributed by atoms with Crippen LogP contribution in [0.2, 0.25) is 0 Å². The lowest BCUT2D eigenvalue weighted by molar-refractivity contribution is 0.337. The molecule has 1 saturated heterocycles. The van der Waals surface area contributed by atoms with E-state index in [0.29, 0.717) is 0 Å². The maximum Gasteiger partial charge on any atom is 0.0411 e. The number of anilines is 2. The lowest BCUT2D eigenvalue weighted by atomic mass is 10.1. The van der Waals surface area contributed by atoms with Gasteiger partial charge in [-0.1, -0.05) is 6.07 Å². The van der Waals surface area contributed by atoms with Gasteiger partial charge in [0, 0.05) is 32.0 Å². The second-order valence-electron chi connectivity index (χ2n) is 5.72. The molecule has 0 amide bonds. The molecule has 0 bridgehead atoms. The Balaban J connectivity index is 1.77. The van der Waals surface area contributed by atoms with Gasteiger partial charge in [0.15, 0.2) is 0 Å². The van der Waals surface area contributed by atoms with Gasteiger partial charge < -0.3 is 15.1 Å². The Morgan fingerprint density at radius 1 is 1.21 bits per heavy atom. The summed E-state index contributed by atoms with van der Waals surface area (Å²) in [5.41, 5.74) is 3.85. The Morgan fingerprint density at radius 2 is 1.95 bits per heavy atom. The highest BCUT2D eigenvalue weighted by Gasteiger charge is 2.10. The normalized spacial score (nSPS) is 15.7. The standard InChI is InChI=1S/C16H27N3/c1-14-7-8-15(13-16(14)18(2)3)17-9-6-12-19-10-4-5-11-19/h7-8,13,17H,4-6,9-12H2,1-3H3. The van der Waals surface area contributed by atoms with Crippen LogP contribution in [0.25, 0.3) is 0 Å². The molecular weight excluding hydrogens is 234 g/mol. The first-order valence-corrected chi connectivity index (χ1v) is 7.41. The van der Waals surface area contributed by atoms with Crippen molar-refractivity contribution in [3.63, 3.8) is 0 Å². The highest BCUT2D eigenvalue weighted by Crippen LogP contribution is 2.22. The van der Waals surface area contributed by atoms with Crippen LogP contribution in [0.4, 0.5) is 11.4 Å². The molecule has 3 nitrogen and oxygen atoms in total. The number of benzene rings is 1. The van der Waals surface area contributed by atoms with Crippen molar-refractivity contribution in [2.45, 2.75) is 26.2 Å². The summed E-state index contributed by atoms with van der Waals surface area (Å²) in [6, 6.07) is 6.61. The Morgan fingerprint density at radius 3 is 2.63 bits per heavy atom. The fourth-order valence-electron chi connectivity index (χ4n) is 2.74. The average molecular weight is 261 g/mol. The van der Waals surface area contributed by atoms with Gasteiger partial charge in [-0.15, -0.1) is 0 Å². The molecule has 1 aliphatic heterocycles. The van der Waals surface area contributed by atoms with Gasteiger partial charge in [0.1, 0.15) is 0 Å². The molecule has 1 N–H and O–H groups in total. The molecule has 0 spiro atoms. The van der Waals surface area contributed by atoms with Crippen molar-refractivity contribution in [1.82, 2.24) is 4.90 Å². The fraction of sp³-hybridized carbons (Fsp3) is 0.625. The van der Waals surface area contributed by atoms with E-state index in [0.717, 1.165) is 6.54 Å². The van der Waals surface area contributed by atoms with E-state index in [2.05, 4.69) is 54.3 Å². The van der Waals surface area contributed by atoms with Crippen LogP contribution in [0, 0.1) is 6.92 Å². The van der Waals surface area contributed by atoms with Crippen LogP contribution in [0.15, 0.2) is 18.2 Å². The summed E-state index contributed by atoms with van der Waals surface area (Å²) in [6.45, 7) is 7.06. The molecule has 0 atom stereocenters. The number of likely N-dealkylation sites (tertiary alicyclic amines) is 1. The molecule has 1 aliphatic rings. The summed E-state index contributed by atoms with van der Waals surface area (Å²) in [4.78, 5) is 4.74. The third-order valence-corrected chi connectivity index (χ3v) is 3.87. The highest BCUT2D eigenvalue weighted by molar-refractivity contribution is 5.61. The van der Waals surface area contributed by atoms with Crippen molar-refractivity contribution in [3.8, 4) is 0 Å². The summed E-state index contributed by atoms with van der Waals surface area (Å²) in [5.74, 6) is 0. The SMILES string of the molecule is Cc1ccc(NCCCN2CCCC2)cc1N(C)C. The monoisotopic (exact) mass is 261 g/mol. The molecule has 0 aliphatic carbocycles. The van der Waals surface area contributed by atoms with Crippen LogP contribution < -0.4 is 10.2 Å². The van der Waals surface area contributed by atoms with Crippen molar-refractivity contribution in [2.24, 2.45) is 0 Å². The quantitative estimate of drug-likeness (QED) is 0.794. The van der Waals surface area contributed by atoms with Crippen LogP contribution in [0.1, 0.15) is 24.8 Å². The van der Waals surface area contributed by atoms with Crippen molar-refractivity contribution in [3.05, 3.63) is 23.8 Å². The Kier molecular flexibility index (Phi) is 5.08. The largest absolute Gasteiger partial charge is 0.385 e. The van der Waals surface area contributed by atoms with E-state index in [1.165, 1.54) is 55.8 Å². The molecular formula is C16H27N3. The molecule has 19 heavy (non-hydrogen) atoms. The summed E-state index contributed by atoms with van der Waals surface area (Å²) in [7, 11) is 4.19. The molecule has 1 aromatic carbocycles. The molecule has 1 aromatic rings. The van der Waals surface area contributed by atoms with Gasteiger partial charge in [-0.2, -0.15) is 0 Å². The van der Waals surface area contributed by atoms with E-state index in [1.54, 1.807) is 0 Å². The maximum absolute atomic E-state index is 3.54. The number of hydrogen-bond donors (Lipinski definition) is 1. The fourth-order valence-corrected chi connectivity index (χ4v) is 2.74. The lowest BCUT2D eigenvalue weighted by Gasteiger charge is -2.18. The van der Waals surface area contributed by atoms with Gasteiger partial charge >= 0.3 is 0 Å². The topological polar surface area (TPSA) is 18.5 Å². The first kappa shape index (κ1) is 14.2. The van der Waals surface area contributed by atoms with E-state index < -0.39 is 0 Å². The second kappa shape index (κ2) is 6.80. The Hall–Kier alpha value is -1.22. The molecule has 106 valence electrons. The molecule has 3 heteroatoms. The van der Waals surface area contributed by atoms with Gasteiger partial charge in [0.25, 0.3) is 0 Å². The van der Waals surface area contributed by atoms with Crippen LogP contribution in [0.3, 0.4) is 0 Å². The smallest absolute Gasteiger partial charge is 0.0411 e. The van der Waals surface area contributed by atoms with Gasteiger partial charge in [0.2, 0.25) is 0 Å². The van der Waals surface area contributed by atoms with Gasteiger partial charge in [-0.3, -0.25) is 0 Å². The number of aryl methyl sites for hydroxylation is 1. The van der Waals surface area contributed by atoms with Crippen molar-refractivity contribution in [1.29, 1.82) is 0 Å². The van der Waals surface area contributed by atoms with Crippen LogP contribution >= 0.6 is 0 Å². The zero-order chi connectivity index (χ0) is 13.7. The first-order valence-electron chi connectivity index (χ1n) is 7.41. The lowest BCUT2D eigenvalue weighted by Crippen LogP contribution is -2.22. The summed E-state index contributed by atoms with van der Waals surface area (Å²) < 4.78 is 0. The third-order valence-electron chi connectivity index (χ3n) is 3.87. The minimum absolute atomic E-state index is 1.06. The molecule has 1 heterocycles. The van der Waals surface area contributed by atoms with E-state index in [1.807, 2.05) is 0 Å².